The first-order valence-electron chi connectivity index (χ1n) is 6.02. The fraction of sp³-hybridized carbons (Fsp3) is 0.800. The number of aliphatic hydroxyl groups is 5. The number of hydrogen-bond acceptors (Lipinski definition) is 9. The molecule has 0 aliphatic carbocycles. The number of nitrogens with one attached hydrogen (secondary N) is 2. The molecule has 0 rings (SSSR count). The number of rotatable bonds is 11. The van der Waals surface area contributed by atoms with Crippen molar-refractivity contribution in [3.8, 4) is 0 Å². The second-order valence-corrected chi connectivity index (χ2v) is 4.75. The van der Waals surface area contributed by atoms with Crippen LogP contribution in [0.3, 0.4) is 0 Å². The van der Waals surface area contributed by atoms with Gasteiger partial charge >= 0.3 is 0 Å². The Morgan fingerprint density at radius 3 is 2.48 bits per heavy atom. The van der Waals surface area contributed by atoms with Crippen molar-refractivity contribution in [2.75, 3.05) is 26.3 Å². The molecule has 10 nitrogen and oxygen atoms in total. The van der Waals surface area contributed by atoms with Crippen molar-refractivity contribution in [2.24, 2.45) is 5.16 Å². The molecular formula is C10H20IN3O7. The van der Waals surface area contributed by atoms with Gasteiger partial charge in [-0.1, -0.05) is 5.16 Å². The zero-order chi connectivity index (χ0) is 16.3. The zero-order valence-electron chi connectivity index (χ0n) is 11.1. The SMILES string of the molecule is O=C(CO/N=C/[C@@H](O)[C@@H](O)[C@H](O)C(O)CO)NCCNI. The maximum absolute atomic E-state index is 11.2. The largest absolute Gasteiger partial charge is 0.394 e. The molecule has 124 valence electrons. The third-order valence-corrected chi connectivity index (χ3v) is 2.85. The number of halogens is 1. The van der Waals surface area contributed by atoms with Gasteiger partial charge in [0.15, 0.2) is 6.61 Å². The van der Waals surface area contributed by atoms with Gasteiger partial charge in [-0.15, -0.1) is 0 Å². The number of oxime groups is 1. The van der Waals surface area contributed by atoms with Crippen molar-refractivity contribution >= 4 is 35.0 Å². The highest BCUT2D eigenvalue weighted by Crippen LogP contribution is 2.03. The van der Waals surface area contributed by atoms with E-state index in [-0.39, 0.29) is 6.61 Å². The minimum atomic E-state index is -1.76. The third kappa shape index (κ3) is 9.13. The molecule has 0 spiro atoms. The van der Waals surface area contributed by atoms with Crippen LogP contribution in [0.1, 0.15) is 0 Å². The first-order chi connectivity index (χ1) is 9.93. The molecule has 7 N–H and O–H groups in total. The number of carbonyl (C=O) groups is 1. The summed E-state index contributed by atoms with van der Waals surface area (Å²) in [4.78, 5) is 15.8. The molecule has 11 heteroatoms. The van der Waals surface area contributed by atoms with Crippen molar-refractivity contribution in [2.45, 2.75) is 24.4 Å². The fourth-order valence-corrected chi connectivity index (χ4v) is 1.40. The van der Waals surface area contributed by atoms with E-state index in [2.05, 4.69) is 18.8 Å². The summed E-state index contributed by atoms with van der Waals surface area (Å²) < 4.78 is 2.80. The molecule has 0 aliphatic rings. The maximum atomic E-state index is 11.2. The van der Waals surface area contributed by atoms with Crippen LogP contribution in [0.15, 0.2) is 5.16 Å². The van der Waals surface area contributed by atoms with Gasteiger partial charge in [-0.05, 0) is 0 Å². The van der Waals surface area contributed by atoms with Crippen LogP contribution in [-0.2, 0) is 9.63 Å². The Morgan fingerprint density at radius 1 is 1.24 bits per heavy atom. The summed E-state index contributed by atoms with van der Waals surface area (Å²) in [7, 11) is 0. The average molecular weight is 421 g/mol. The van der Waals surface area contributed by atoms with Gasteiger partial charge in [0.25, 0.3) is 5.91 Å². The lowest BCUT2D eigenvalue weighted by Crippen LogP contribution is -2.46. The lowest BCUT2D eigenvalue weighted by Gasteiger charge is -2.23. The van der Waals surface area contributed by atoms with Gasteiger partial charge in [0.1, 0.15) is 24.4 Å². The highest BCUT2D eigenvalue weighted by atomic mass is 127. The highest BCUT2D eigenvalue weighted by Gasteiger charge is 2.29. The van der Waals surface area contributed by atoms with Crippen LogP contribution in [0.5, 0.6) is 0 Å². The van der Waals surface area contributed by atoms with E-state index in [9.17, 15) is 20.1 Å². The van der Waals surface area contributed by atoms with E-state index in [1.165, 1.54) is 0 Å². The normalized spacial score (nSPS) is 17.2. The quantitative estimate of drug-likeness (QED) is 0.0594. The van der Waals surface area contributed by atoms with Crippen LogP contribution >= 0.6 is 22.9 Å². The number of nitrogens with zero attached hydrogens (tertiary/aromatic N) is 1. The Hall–Kier alpha value is -0.570. The number of aliphatic hydroxyl groups excluding tert-OH is 5. The minimum absolute atomic E-state index is 0.373. The Balaban J connectivity index is 3.99. The van der Waals surface area contributed by atoms with E-state index in [4.69, 9.17) is 10.2 Å². The summed E-state index contributed by atoms with van der Waals surface area (Å²) in [6.45, 7) is -0.139. The average Bonchev–Trinajstić information content (AvgIpc) is 2.49. The summed E-state index contributed by atoms with van der Waals surface area (Å²) in [5.74, 6) is -0.412. The summed E-state index contributed by atoms with van der Waals surface area (Å²) in [5, 5.41) is 51.6. The van der Waals surface area contributed by atoms with Gasteiger partial charge in [-0.2, -0.15) is 0 Å². The van der Waals surface area contributed by atoms with Crippen LogP contribution in [-0.4, -0.2) is 88.4 Å². The predicted octanol–water partition coefficient (Wildman–Crippen LogP) is -3.52. The monoisotopic (exact) mass is 421 g/mol. The summed E-state index contributed by atoms with van der Waals surface area (Å²) in [5.41, 5.74) is 0. The standard InChI is InChI=1S/C10H20IN3O7/c11-13-2-1-12-8(18)5-21-14-3-6(16)9(19)10(20)7(17)4-15/h3,6-7,9-10,13,15-17,19-20H,1-2,4-5H2,(H,12,18)/b14-3+/t6-,7?,9-,10-/m1/s1. The van der Waals surface area contributed by atoms with Gasteiger partial charge < -0.3 is 35.7 Å². The van der Waals surface area contributed by atoms with E-state index in [1.54, 1.807) is 0 Å². The van der Waals surface area contributed by atoms with E-state index in [0.717, 1.165) is 6.21 Å². The lowest BCUT2D eigenvalue weighted by molar-refractivity contribution is -0.125. The van der Waals surface area contributed by atoms with Crippen molar-refractivity contribution < 1.29 is 35.2 Å². The molecule has 0 fully saturated rings. The van der Waals surface area contributed by atoms with E-state index < -0.39 is 36.9 Å². The molecule has 0 bridgehead atoms. The van der Waals surface area contributed by atoms with Crippen LogP contribution in [0.25, 0.3) is 0 Å². The topological polar surface area (TPSA) is 164 Å². The molecule has 0 aromatic carbocycles. The van der Waals surface area contributed by atoms with Crippen LogP contribution < -0.4 is 8.85 Å². The van der Waals surface area contributed by atoms with Crippen molar-refractivity contribution in [1.82, 2.24) is 8.85 Å². The molecule has 0 heterocycles. The fourth-order valence-electron chi connectivity index (χ4n) is 1.13. The van der Waals surface area contributed by atoms with Gasteiger partial charge in [0, 0.05) is 36.0 Å². The van der Waals surface area contributed by atoms with Gasteiger partial charge in [-0.25, -0.2) is 0 Å². The number of amides is 1. The predicted molar refractivity (Wildman–Crippen MR) is 80.6 cm³/mol. The van der Waals surface area contributed by atoms with Gasteiger partial charge in [0.2, 0.25) is 0 Å². The number of hydrogen-bond donors (Lipinski definition) is 7. The Kier molecular flexibility index (Phi) is 11.7. The van der Waals surface area contributed by atoms with E-state index >= 15 is 0 Å². The molecule has 0 aliphatic heterocycles. The Labute approximate surface area is 135 Å². The molecule has 4 atom stereocenters. The molecular weight excluding hydrogens is 401 g/mol. The smallest absolute Gasteiger partial charge is 0.260 e. The molecule has 0 aromatic heterocycles. The third-order valence-electron chi connectivity index (χ3n) is 2.31. The molecule has 1 unspecified atom stereocenters. The highest BCUT2D eigenvalue weighted by molar-refractivity contribution is 14.1. The van der Waals surface area contributed by atoms with Crippen LogP contribution in [0.2, 0.25) is 0 Å². The van der Waals surface area contributed by atoms with Gasteiger partial charge in [0.05, 0.1) is 12.8 Å². The molecule has 0 aromatic rings. The maximum Gasteiger partial charge on any atom is 0.260 e. The first-order valence-corrected chi connectivity index (χ1v) is 7.10. The summed E-state index contributed by atoms with van der Waals surface area (Å²) >= 11 is 1.93. The lowest BCUT2D eigenvalue weighted by atomic mass is 10.0. The molecule has 1 amide bonds. The Bertz CT molecular complexity index is 321. The second kappa shape index (κ2) is 12.0. The van der Waals surface area contributed by atoms with E-state index in [0.29, 0.717) is 13.1 Å². The second-order valence-electron chi connectivity index (χ2n) is 3.98. The van der Waals surface area contributed by atoms with Crippen molar-refractivity contribution in [3.63, 3.8) is 0 Å². The van der Waals surface area contributed by atoms with Crippen molar-refractivity contribution in [3.05, 3.63) is 0 Å². The van der Waals surface area contributed by atoms with Gasteiger partial charge in [-0.3, -0.25) is 8.32 Å². The van der Waals surface area contributed by atoms with Crippen LogP contribution in [0, 0.1) is 0 Å². The molecule has 0 saturated heterocycles. The first kappa shape index (κ1) is 20.4. The van der Waals surface area contributed by atoms with E-state index in [1.807, 2.05) is 22.9 Å². The summed E-state index contributed by atoms with van der Waals surface area (Å²) in [6, 6.07) is 0. The van der Waals surface area contributed by atoms with Crippen molar-refractivity contribution in [1.29, 1.82) is 0 Å². The van der Waals surface area contributed by atoms with Crippen LogP contribution in [0.4, 0.5) is 0 Å². The molecule has 21 heavy (non-hydrogen) atoms. The zero-order valence-corrected chi connectivity index (χ0v) is 13.3. The summed E-state index contributed by atoms with van der Waals surface area (Å²) in [6.07, 6.45) is -5.98. The number of carbonyl (C=O) groups excluding carboxylic acids is 1. The molecule has 0 radical (unpaired) electrons. The minimum Gasteiger partial charge on any atom is -0.394 e. The molecule has 0 saturated carbocycles. The Morgan fingerprint density at radius 2 is 1.90 bits per heavy atom.